The Balaban J connectivity index is 2.20. The third-order valence-corrected chi connectivity index (χ3v) is 6.03. The number of sulfonamides is 1. The summed E-state index contributed by atoms with van der Waals surface area (Å²) < 4.78 is 25.7. The van der Waals surface area contributed by atoms with Crippen LogP contribution in [0.5, 0.6) is 0 Å². The van der Waals surface area contributed by atoms with E-state index in [1.807, 2.05) is 30.3 Å². The van der Waals surface area contributed by atoms with Crippen LogP contribution >= 0.6 is 23.2 Å². The van der Waals surface area contributed by atoms with Gasteiger partial charge in [-0.05, 0) is 17.7 Å². The summed E-state index contributed by atoms with van der Waals surface area (Å²) >= 11 is 12.1. The van der Waals surface area contributed by atoms with Crippen molar-refractivity contribution in [1.29, 1.82) is 0 Å². The van der Waals surface area contributed by atoms with Crippen molar-refractivity contribution in [3.63, 3.8) is 0 Å². The first kappa shape index (κ1) is 16.1. The number of carbonyl (C=O) groups is 1. The second-order valence-electron chi connectivity index (χ2n) is 5.06. The molecule has 0 unspecified atom stereocenters. The van der Waals surface area contributed by atoms with Gasteiger partial charge in [0.2, 0.25) is 0 Å². The van der Waals surface area contributed by atoms with Gasteiger partial charge in [0, 0.05) is 12.1 Å². The Labute approximate surface area is 144 Å². The number of halogens is 2. The molecule has 0 saturated heterocycles. The number of anilines is 1. The zero-order chi connectivity index (χ0) is 16.8. The first-order valence-electron chi connectivity index (χ1n) is 6.66. The van der Waals surface area contributed by atoms with Crippen molar-refractivity contribution in [3.05, 3.63) is 58.1 Å². The van der Waals surface area contributed by atoms with E-state index in [0.717, 1.165) is 5.56 Å². The van der Waals surface area contributed by atoms with E-state index in [-0.39, 0.29) is 27.2 Å². The summed E-state index contributed by atoms with van der Waals surface area (Å²) in [5, 5.41) is 0.254. The second-order valence-corrected chi connectivity index (χ2v) is 7.81. The summed E-state index contributed by atoms with van der Waals surface area (Å²) in [6.45, 7) is 0.212. The molecule has 0 aliphatic carbocycles. The molecule has 1 aliphatic heterocycles. The minimum atomic E-state index is -3.99. The minimum Gasteiger partial charge on any atom is -0.288 e. The predicted octanol–water partition coefficient (Wildman–Crippen LogP) is 3.75. The van der Waals surface area contributed by atoms with Crippen molar-refractivity contribution in [3.8, 4) is 0 Å². The topological polar surface area (TPSA) is 57.7 Å². The number of amides is 2. The molecule has 1 heterocycles. The van der Waals surface area contributed by atoms with Crippen LogP contribution in [0.4, 0.5) is 10.5 Å². The van der Waals surface area contributed by atoms with Crippen LogP contribution in [-0.2, 0) is 16.6 Å². The van der Waals surface area contributed by atoms with Crippen molar-refractivity contribution in [2.45, 2.75) is 11.4 Å². The van der Waals surface area contributed by atoms with Crippen LogP contribution in [-0.4, -0.2) is 25.8 Å². The molecule has 8 heteroatoms. The van der Waals surface area contributed by atoms with E-state index in [0.29, 0.717) is 4.31 Å². The van der Waals surface area contributed by atoms with Crippen LogP contribution in [0.2, 0.25) is 10.0 Å². The van der Waals surface area contributed by atoms with Crippen LogP contribution < -0.4 is 4.90 Å². The lowest BCUT2D eigenvalue weighted by molar-refractivity contribution is 0.232. The third-order valence-electron chi connectivity index (χ3n) is 3.58. The molecule has 0 N–H and O–H groups in total. The van der Waals surface area contributed by atoms with Crippen LogP contribution in [0.1, 0.15) is 5.56 Å². The molecule has 0 atom stereocenters. The smallest absolute Gasteiger partial charge is 0.288 e. The minimum absolute atomic E-state index is 0.00934. The van der Waals surface area contributed by atoms with Gasteiger partial charge in [-0.25, -0.2) is 17.5 Å². The maximum atomic E-state index is 12.5. The first-order valence-corrected chi connectivity index (χ1v) is 8.85. The number of hydrogen-bond donors (Lipinski definition) is 0. The van der Waals surface area contributed by atoms with Crippen LogP contribution in [0.3, 0.4) is 0 Å². The van der Waals surface area contributed by atoms with E-state index in [1.165, 1.54) is 24.1 Å². The number of urea groups is 1. The highest BCUT2D eigenvalue weighted by molar-refractivity contribution is 7.90. The van der Waals surface area contributed by atoms with Crippen molar-refractivity contribution < 1.29 is 13.2 Å². The standard InChI is InChI=1S/C15H12Cl2N2O3S/c1-18-15(20)19(9-10-5-3-2-4-6-10)13-8-11(16)7-12(17)14(13)23(18,21)22/h2-8H,9H2,1H3. The van der Waals surface area contributed by atoms with E-state index in [2.05, 4.69) is 0 Å². The quantitative estimate of drug-likeness (QED) is 0.808. The molecule has 5 nitrogen and oxygen atoms in total. The molecular formula is C15H12Cl2N2O3S. The molecule has 120 valence electrons. The zero-order valence-corrected chi connectivity index (χ0v) is 14.4. The Morgan fingerprint density at radius 1 is 1.09 bits per heavy atom. The van der Waals surface area contributed by atoms with Crippen LogP contribution in [0, 0.1) is 0 Å². The molecule has 0 aromatic heterocycles. The Morgan fingerprint density at radius 3 is 2.39 bits per heavy atom. The third kappa shape index (κ3) is 2.67. The molecule has 0 fully saturated rings. The molecule has 0 radical (unpaired) electrons. The molecule has 3 rings (SSSR count). The van der Waals surface area contributed by atoms with Crippen molar-refractivity contribution >= 4 is 44.9 Å². The maximum absolute atomic E-state index is 12.5. The van der Waals surface area contributed by atoms with Crippen LogP contribution in [0.15, 0.2) is 47.4 Å². The molecular weight excluding hydrogens is 359 g/mol. The monoisotopic (exact) mass is 370 g/mol. The molecule has 23 heavy (non-hydrogen) atoms. The lowest BCUT2D eigenvalue weighted by Crippen LogP contribution is -2.48. The largest absolute Gasteiger partial charge is 0.338 e. The summed E-state index contributed by atoms with van der Waals surface area (Å²) in [5.41, 5.74) is 1.05. The molecule has 1 aliphatic rings. The fraction of sp³-hybridized carbons (Fsp3) is 0.133. The second kappa shape index (κ2) is 5.70. The number of rotatable bonds is 2. The molecule has 0 bridgehead atoms. The summed E-state index contributed by atoms with van der Waals surface area (Å²) in [7, 11) is -2.78. The van der Waals surface area contributed by atoms with Crippen molar-refractivity contribution in [2.75, 3.05) is 11.9 Å². The van der Waals surface area contributed by atoms with E-state index >= 15 is 0 Å². The summed E-state index contributed by atoms with van der Waals surface area (Å²) in [4.78, 5) is 13.8. The van der Waals surface area contributed by atoms with Gasteiger partial charge in [0.1, 0.15) is 4.90 Å². The first-order chi connectivity index (χ1) is 10.8. The molecule has 0 saturated carbocycles. The highest BCUT2D eigenvalue weighted by atomic mass is 35.5. The Morgan fingerprint density at radius 2 is 1.74 bits per heavy atom. The Kier molecular flexibility index (Phi) is 4.00. The summed E-state index contributed by atoms with van der Waals surface area (Å²) in [5.74, 6) is 0. The number of nitrogens with zero attached hydrogens (tertiary/aromatic N) is 2. The average molecular weight is 371 g/mol. The fourth-order valence-electron chi connectivity index (χ4n) is 2.43. The summed E-state index contributed by atoms with van der Waals surface area (Å²) in [6, 6.07) is 11.4. The Hall–Kier alpha value is -1.76. The van der Waals surface area contributed by atoms with Gasteiger partial charge in [-0.15, -0.1) is 0 Å². The average Bonchev–Trinajstić information content (AvgIpc) is 2.50. The predicted molar refractivity (Wildman–Crippen MR) is 89.4 cm³/mol. The SMILES string of the molecule is CN1C(=O)N(Cc2ccccc2)c2cc(Cl)cc(Cl)c2S1(=O)=O. The molecule has 2 aromatic carbocycles. The maximum Gasteiger partial charge on any atom is 0.338 e. The van der Waals surface area contributed by atoms with E-state index in [1.54, 1.807) is 0 Å². The van der Waals surface area contributed by atoms with Gasteiger partial charge in [-0.3, -0.25) is 4.90 Å². The lowest BCUT2D eigenvalue weighted by atomic mass is 10.2. The van der Waals surface area contributed by atoms with E-state index in [4.69, 9.17) is 23.2 Å². The summed E-state index contributed by atoms with van der Waals surface area (Å²) in [6.07, 6.45) is 0. The van der Waals surface area contributed by atoms with Gasteiger partial charge in [-0.2, -0.15) is 0 Å². The van der Waals surface area contributed by atoms with Gasteiger partial charge < -0.3 is 0 Å². The molecule has 0 spiro atoms. The molecule has 2 aromatic rings. The van der Waals surface area contributed by atoms with Gasteiger partial charge in [0.05, 0.1) is 17.3 Å². The normalized spacial score (nSPS) is 16.4. The van der Waals surface area contributed by atoms with E-state index < -0.39 is 16.1 Å². The number of hydrogen-bond acceptors (Lipinski definition) is 3. The number of fused-ring (bicyclic) bond motifs is 1. The van der Waals surface area contributed by atoms with Crippen molar-refractivity contribution in [2.24, 2.45) is 0 Å². The van der Waals surface area contributed by atoms with E-state index in [9.17, 15) is 13.2 Å². The fourth-order valence-corrected chi connectivity index (χ4v) is 4.53. The highest BCUT2D eigenvalue weighted by Gasteiger charge is 2.41. The van der Waals surface area contributed by atoms with Gasteiger partial charge in [-0.1, -0.05) is 53.5 Å². The lowest BCUT2D eigenvalue weighted by Gasteiger charge is -2.35. The highest BCUT2D eigenvalue weighted by Crippen LogP contribution is 2.41. The van der Waals surface area contributed by atoms with Crippen molar-refractivity contribution in [1.82, 2.24) is 4.31 Å². The zero-order valence-electron chi connectivity index (χ0n) is 12.0. The van der Waals surface area contributed by atoms with Crippen LogP contribution in [0.25, 0.3) is 0 Å². The Bertz CT molecular complexity index is 885. The van der Waals surface area contributed by atoms with Gasteiger partial charge in [0.25, 0.3) is 10.0 Å². The van der Waals surface area contributed by atoms with Gasteiger partial charge in [0.15, 0.2) is 0 Å². The number of benzene rings is 2. The number of carbonyl (C=O) groups excluding carboxylic acids is 1. The molecule has 2 amide bonds. The van der Waals surface area contributed by atoms with Gasteiger partial charge >= 0.3 is 6.03 Å².